The zero-order valence-electron chi connectivity index (χ0n) is 25.0. The zero-order valence-corrected chi connectivity index (χ0v) is 25.0. The van der Waals surface area contributed by atoms with Gasteiger partial charge >= 0.3 is 11.5 Å². The summed E-state index contributed by atoms with van der Waals surface area (Å²) < 4.78 is 12.5. The molecule has 0 spiro atoms. The van der Waals surface area contributed by atoms with Gasteiger partial charge in [0.2, 0.25) is 0 Å². The highest BCUT2D eigenvalue weighted by Crippen LogP contribution is 2.41. The average molecular weight is 505 g/mol. The highest BCUT2D eigenvalue weighted by molar-refractivity contribution is 6.24. The Morgan fingerprint density at radius 3 is 1.57 bits per heavy atom. The van der Waals surface area contributed by atoms with E-state index in [0.717, 1.165) is 34.2 Å². The quantitative estimate of drug-likeness (QED) is 0.303. The van der Waals surface area contributed by atoms with E-state index < -0.39 is 0 Å². The van der Waals surface area contributed by atoms with Crippen molar-refractivity contribution in [2.45, 2.75) is 101 Å². The van der Waals surface area contributed by atoms with E-state index in [2.05, 4.69) is 83.1 Å². The minimum absolute atomic E-state index is 0.211. The minimum Gasteiger partial charge on any atom is -0.871 e. The molecule has 0 radical (unpaired) electrons. The van der Waals surface area contributed by atoms with Crippen LogP contribution in [0.25, 0.3) is 5.57 Å². The normalized spacial score (nSPS) is 18.7. The highest BCUT2D eigenvalue weighted by Gasteiger charge is 2.36. The van der Waals surface area contributed by atoms with E-state index in [1.807, 2.05) is 31.2 Å². The molecule has 37 heavy (non-hydrogen) atoms. The van der Waals surface area contributed by atoms with Crippen LogP contribution in [-0.2, 0) is 20.4 Å². The molecule has 0 N–H and O–H groups in total. The van der Waals surface area contributed by atoms with Crippen LogP contribution in [0.2, 0.25) is 0 Å². The predicted molar refractivity (Wildman–Crippen MR) is 149 cm³/mol. The van der Waals surface area contributed by atoms with Gasteiger partial charge in [-0.1, -0.05) is 47.3 Å². The van der Waals surface area contributed by atoms with Crippen molar-refractivity contribution in [1.29, 1.82) is 0 Å². The van der Waals surface area contributed by atoms with Crippen LogP contribution in [0.5, 0.6) is 0 Å². The Hall–Kier alpha value is -2.88. The van der Waals surface area contributed by atoms with Crippen molar-refractivity contribution in [3.8, 4) is 0 Å². The van der Waals surface area contributed by atoms with E-state index in [9.17, 15) is 9.90 Å². The Labute approximate surface area is 223 Å². The summed E-state index contributed by atoms with van der Waals surface area (Å²) in [6.45, 7) is 26.9. The molecule has 1 aliphatic carbocycles. The molecule has 0 saturated heterocycles. The van der Waals surface area contributed by atoms with Crippen LogP contribution >= 0.6 is 0 Å². The van der Waals surface area contributed by atoms with Crippen molar-refractivity contribution in [3.05, 3.63) is 81.4 Å². The molecule has 0 fully saturated rings. The average Bonchev–Trinajstić information content (AvgIpc) is 2.74. The number of carbonyl (C=O) groups excluding carboxylic acids is 1. The number of Topliss-reactive ketones (excluding diaryl/α,β-unsaturated/α-hetero) is 1. The van der Waals surface area contributed by atoms with Crippen LogP contribution in [-0.4, -0.2) is 5.78 Å². The van der Waals surface area contributed by atoms with Gasteiger partial charge in [-0.3, -0.25) is 4.79 Å². The van der Waals surface area contributed by atoms with Gasteiger partial charge in [-0.15, -0.1) is 0 Å². The summed E-state index contributed by atoms with van der Waals surface area (Å²) in [5.74, 6) is 2.84. The second-order valence-electron chi connectivity index (χ2n) is 14.4. The number of rotatable bonds is 2. The summed E-state index contributed by atoms with van der Waals surface area (Å²) in [6.07, 6.45) is 5.57. The molecule has 0 bridgehead atoms. The second-order valence-corrected chi connectivity index (χ2v) is 14.4. The molecule has 0 amide bonds. The van der Waals surface area contributed by atoms with Crippen molar-refractivity contribution in [1.82, 2.24) is 0 Å². The minimum atomic E-state index is -0.215. The fourth-order valence-corrected chi connectivity index (χ4v) is 4.00. The molecular weight excluding hydrogens is 460 g/mol. The van der Waals surface area contributed by atoms with E-state index in [1.165, 1.54) is 0 Å². The topological polar surface area (TPSA) is 60.7 Å². The highest BCUT2D eigenvalue weighted by atomic mass is 16.5. The van der Waals surface area contributed by atoms with Crippen LogP contribution in [0, 0.1) is 10.8 Å². The van der Waals surface area contributed by atoms with E-state index in [4.69, 9.17) is 9.15 Å². The summed E-state index contributed by atoms with van der Waals surface area (Å²) in [7, 11) is 0. The van der Waals surface area contributed by atoms with E-state index in [1.54, 1.807) is 6.08 Å². The third-order valence-corrected chi connectivity index (χ3v) is 6.63. The fraction of sp³-hybridized carbons (Fsp3) is 0.515. The molecule has 0 saturated carbocycles. The monoisotopic (exact) mass is 504 g/mol. The van der Waals surface area contributed by atoms with Gasteiger partial charge in [0.1, 0.15) is 11.5 Å². The van der Waals surface area contributed by atoms with Gasteiger partial charge in [0.15, 0.2) is 5.78 Å². The number of hydrogen-bond acceptors (Lipinski definition) is 3. The molecule has 3 rings (SSSR count). The van der Waals surface area contributed by atoms with Crippen molar-refractivity contribution in [2.24, 2.45) is 10.8 Å². The largest absolute Gasteiger partial charge is 0.871 e. The Balaban J connectivity index is 2.14. The molecule has 4 nitrogen and oxygen atoms in total. The molecule has 200 valence electrons. The molecule has 0 atom stereocenters. The van der Waals surface area contributed by atoms with Gasteiger partial charge in [0, 0.05) is 34.1 Å². The number of ether oxygens (including phenoxy) is 1. The Morgan fingerprint density at radius 2 is 1.22 bits per heavy atom. The Kier molecular flexibility index (Phi) is 7.09. The van der Waals surface area contributed by atoms with Crippen LogP contribution in [0.1, 0.15) is 107 Å². The van der Waals surface area contributed by atoms with Crippen LogP contribution < -0.4 is 5.11 Å². The molecule has 2 aliphatic rings. The summed E-state index contributed by atoms with van der Waals surface area (Å²) in [4.78, 5) is 13.3. The van der Waals surface area contributed by atoms with E-state index >= 15 is 0 Å². The molecule has 4 heteroatoms. The van der Waals surface area contributed by atoms with Gasteiger partial charge in [-0.2, -0.15) is 0 Å². The zero-order chi connectivity index (χ0) is 28.3. The van der Waals surface area contributed by atoms with Crippen molar-refractivity contribution >= 4 is 11.4 Å². The molecule has 0 aromatic carbocycles. The van der Waals surface area contributed by atoms with E-state index in [0.29, 0.717) is 5.57 Å². The standard InChI is InChI=1S/C33H44O4/c1-19(21-17-25(32(8,9)10)37-26(18-21)33(11,12)13)27-28(34)22(29(27)35)14-20-15-23(30(2,3)4)36-24(16-20)31(5,6)7/h14-18H,1-13H3. The summed E-state index contributed by atoms with van der Waals surface area (Å²) >= 11 is 0. The van der Waals surface area contributed by atoms with Gasteiger partial charge in [-0.05, 0) is 83.4 Å². The van der Waals surface area contributed by atoms with Crippen LogP contribution in [0.15, 0.2) is 68.8 Å². The lowest BCUT2D eigenvalue weighted by Crippen LogP contribution is -2.30. The maximum absolute atomic E-state index is 13.3. The third-order valence-electron chi connectivity index (χ3n) is 6.63. The Morgan fingerprint density at radius 1 is 0.784 bits per heavy atom. The van der Waals surface area contributed by atoms with E-state index in [-0.39, 0.29) is 44.3 Å². The third kappa shape index (κ3) is 6.00. The first-order valence-corrected chi connectivity index (χ1v) is 13.1. The first-order chi connectivity index (χ1) is 16.6. The predicted octanol–water partition coefficient (Wildman–Crippen LogP) is 7.94. The van der Waals surface area contributed by atoms with Crippen molar-refractivity contribution in [3.63, 3.8) is 0 Å². The van der Waals surface area contributed by atoms with Crippen LogP contribution in [0.4, 0.5) is 0 Å². The first kappa shape index (κ1) is 28.7. The maximum atomic E-state index is 13.3. The summed E-state index contributed by atoms with van der Waals surface area (Å²) in [5.41, 5.74) is 1.96. The summed E-state index contributed by atoms with van der Waals surface area (Å²) in [5, 5.41) is 13.3. The molecule has 1 aliphatic heterocycles. The summed E-state index contributed by atoms with van der Waals surface area (Å²) in [6, 6.07) is 3.92. The fourth-order valence-electron chi connectivity index (χ4n) is 4.00. The smallest absolute Gasteiger partial charge is 0.335 e. The number of allylic oxidation sites excluding steroid dienone is 9. The number of carbonyl (C=O) groups is 1. The van der Waals surface area contributed by atoms with Gasteiger partial charge < -0.3 is 9.84 Å². The molecule has 2 heterocycles. The number of hydrogen-bond donors (Lipinski definition) is 0. The Bertz CT molecular complexity index is 1220. The van der Waals surface area contributed by atoms with Gasteiger partial charge in [-0.25, -0.2) is 4.42 Å². The lowest BCUT2D eigenvalue weighted by atomic mass is 9.80. The molecular formula is C33H44O4. The number of ketones is 1. The lowest BCUT2D eigenvalue weighted by Gasteiger charge is -2.34. The van der Waals surface area contributed by atoms with Crippen molar-refractivity contribution < 1.29 is 19.1 Å². The molecule has 0 unspecified atom stereocenters. The second kappa shape index (κ2) is 9.15. The SMILES string of the molecule is CC(=C1C(=O)C(C=C2C=C(C(C)(C)C)OC(C(C)(C)C)=C2)=C1[O-])c1cc(C(C)(C)C)[o+]c(C(C)(C)C)c1. The van der Waals surface area contributed by atoms with Gasteiger partial charge in [0.25, 0.3) is 0 Å². The molecule has 1 aromatic heterocycles. The lowest BCUT2D eigenvalue weighted by molar-refractivity contribution is -0.300. The van der Waals surface area contributed by atoms with Gasteiger partial charge in [0.05, 0.1) is 10.8 Å². The molecule has 1 aromatic rings. The first-order valence-electron chi connectivity index (χ1n) is 13.1. The maximum Gasteiger partial charge on any atom is 0.335 e. The van der Waals surface area contributed by atoms with Crippen LogP contribution in [0.3, 0.4) is 0 Å². The van der Waals surface area contributed by atoms with Crippen molar-refractivity contribution in [2.75, 3.05) is 0 Å².